The quantitative estimate of drug-likeness (QED) is 0.792. The third-order valence-corrected chi connectivity index (χ3v) is 2.00. The number of anilines is 1. The molecule has 0 saturated carbocycles. The number of hydrogen-bond acceptors (Lipinski definition) is 1. The molecule has 0 aliphatic rings. The summed E-state index contributed by atoms with van der Waals surface area (Å²) >= 11 is 5.64. The van der Waals surface area contributed by atoms with E-state index < -0.39 is 16.8 Å². The minimum absolute atomic E-state index is 0.227. The van der Waals surface area contributed by atoms with Crippen LogP contribution in [0.2, 0.25) is 5.02 Å². The predicted molar refractivity (Wildman–Crippen MR) is 49.1 cm³/mol. The van der Waals surface area contributed by atoms with Gasteiger partial charge in [-0.05, 0) is 18.2 Å². The maximum Gasteiger partial charge on any atom is 0.124 e. The van der Waals surface area contributed by atoms with Crippen LogP contribution in [0.4, 0.5) is 10.1 Å². The molecule has 0 radical (unpaired) electrons. The summed E-state index contributed by atoms with van der Waals surface area (Å²) in [6.07, 6.45) is 1.47. The van der Waals surface area contributed by atoms with Crippen LogP contribution < -0.4 is 4.72 Å². The van der Waals surface area contributed by atoms with Gasteiger partial charge in [0.05, 0.1) is 10.7 Å². The van der Waals surface area contributed by atoms with Crippen molar-refractivity contribution in [1.29, 1.82) is 0 Å². The van der Waals surface area contributed by atoms with Crippen LogP contribution in [-0.2, 0) is 11.0 Å². The zero-order valence-electron chi connectivity index (χ0n) is 6.30. The van der Waals surface area contributed by atoms with E-state index in [1.807, 2.05) is 0 Å². The van der Waals surface area contributed by atoms with Gasteiger partial charge in [-0.2, -0.15) is 0 Å². The van der Waals surface area contributed by atoms with Gasteiger partial charge < -0.3 is 4.72 Å². The number of nitrogens with one attached hydrogen (secondary N) is 1. The second kappa shape index (κ2) is 3.87. The molecule has 5 heteroatoms. The first-order chi connectivity index (χ1) is 5.59. The lowest BCUT2D eigenvalue weighted by Gasteiger charge is -2.03. The summed E-state index contributed by atoms with van der Waals surface area (Å²) in [4.78, 5) is 0. The van der Waals surface area contributed by atoms with Crippen molar-refractivity contribution in [3.63, 3.8) is 0 Å². The molecule has 0 bridgehead atoms. The van der Waals surface area contributed by atoms with Crippen molar-refractivity contribution in [3.8, 4) is 0 Å². The normalized spacial score (nSPS) is 12.6. The molecule has 0 amide bonds. The van der Waals surface area contributed by atoms with Crippen molar-refractivity contribution in [2.45, 2.75) is 0 Å². The van der Waals surface area contributed by atoms with Crippen LogP contribution >= 0.6 is 11.6 Å². The highest BCUT2D eigenvalue weighted by molar-refractivity contribution is 7.85. The molecule has 1 atom stereocenters. The van der Waals surface area contributed by atoms with E-state index in [-0.39, 0.29) is 5.02 Å². The molecule has 1 aromatic rings. The Kier molecular flexibility index (Phi) is 3.05. The number of hydrogen-bond donors (Lipinski definition) is 1. The van der Waals surface area contributed by atoms with Crippen LogP contribution in [0, 0.1) is 5.82 Å². The zero-order chi connectivity index (χ0) is 9.14. The minimum atomic E-state index is -1.19. The first-order valence-corrected chi connectivity index (χ1v) is 5.08. The van der Waals surface area contributed by atoms with Crippen molar-refractivity contribution in [2.24, 2.45) is 0 Å². The van der Waals surface area contributed by atoms with Crippen molar-refractivity contribution in [1.82, 2.24) is 0 Å². The first kappa shape index (κ1) is 9.48. The van der Waals surface area contributed by atoms with E-state index in [0.717, 1.165) is 6.07 Å². The van der Waals surface area contributed by atoms with Crippen molar-refractivity contribution < 1.29 is 8.60 Å². The highest BCUT2D eigenvalue weighted by atomic mass is 35.5. The van der Waals surface area contributed by atoms with Crippen LogP contribution in [0.1, 0.15) is 0 Å². The van der Waals surface area contributed by atoms with E-state index in [4.69, 9.17) is 11.6 Å². The molecule has 1 unspecified atom stereocenters. The highest BCUT2D eigenvalue weighted by Crippen LogP contribution is 2.22. The Morgan fingerprint density at radius 3 is 2.75 bits per heavy atom. The fourth-order valence-electron chi connectivity index (χ4n) is 0.727. The van der Waals surface area contributed by atoms with Gasteiger partial charge in [-0.25, -0.2) is 8.60 Å². The van der Waals surface area contributed by atoms with E-state index in [9.17, 15) is 8.60 Å². The molecular weight excluding hydrogens is 201 g/mol. The Bertz CT molecular complexity index is 318. The lowest BCUT2D eigenvalue weighted by Crippen LogP contribution is -2.01. The lowest BCUT2D eigenvalue weighted by atomic mass is 10.3. The molecule has 12 heavy (non-hydrogen) atoms. The Labute approximate surface area is 77.3 Å². The standard InChI is InChI=1S/C7H7ClFNOS/c1-12(11)10-7-3-2-5(9)4-6(7)8/h2-4,10H,1H3. The second-order valence-corrected chi connectivity index (χ2v) is 3.70. The molecule has 1 N–H and O–H groups in total. The average molecular weight is 208 g/mol. The maximum absolute atomic E-state index is 12.5. The van der Waals surface area contributed by atoms with Gasteiger partial charge in [0, 0.05) is 6.26 Å². The maximum atomic E-state index is 12.5. The van der Waals surface area contributed by atoms with Crippen molar-refractivity contribution >= 4 is 28.3 Å². The fourth-order valence-corrected chi connectivity index (χ4v) is 1.49. The van der Waals surface area contributed by atoms with Gasteiger partial charge in [0.1, 0.15) is 16.8 Å². The molecule has 2 nitrogen and oxygen atoms in total. The molecule has 0 saturated heterocycles. The zero-order valence-corrected chi connectivity index (χ0v) is 7.88. The van der Waals surface area contributed by atoms with Gasteiger partial charge in [0.2, 0.25) is 0 Å². The Balaban J connectivity index is 2.93. The van der Waals surface area contributed by atoms with Gasteiger partial charge in [-0.15, -0.1) is 0 Å². The Hall–Kier alpha value is -0.610. The van der Waals surface area contributed by atoms with E-state index in [1.54, 1.807) is 0 Å². The lowest BCUT2D eigenvalue weighted by molar-refractivity contribution is 0.628. The van der Waals surface area contributed by atoms with Gasteiger partial charge >= 0.3 is 0 Å². The SMILES string of the molecule is CS(=O)Nc1ccc(F)cc1Cl. The summed E-state index contributed by atoms with van der Waals surface area (Å²) in [6.45, 7) is 0. The fraction of sp³-hybridized carbons (Fsp3) is 0.143. The third-order valence-electron chi connectivity index (χ3n) is 1.18. The molecular formula is C7H7ClFNOS. The predicted octanol–water partition coefficient (Wildman–Crippen LogP) is 2.18. The van der Waals surface area contributed by atoms with Crippen LogP contribution in [-0.4, -0.2) is 10.5 Å². The molecule has 0 aliphatic heterocycles. The summed E-state index contributed by atoms with van der Waals surface area (Å²) in [6, 6.07) is 3.86. The van der Waals surface area contributed by atoms with Gasteiger partial charge in [-0.3, -0.25) is 0 Å². The number of benzene rings is 1. The van der Waals surface area contributed by atoms with E-state index in [2.05, 4.69) is 4.72 Å². The van der Waals surface area contributed by atoms with Crippen LogP contribution in [0.3, 0.4) is 0 Å². The molecule has 1 rings (SSSR count). The largest absolute Gasteiger partial charge is 0.304 e. The molecule has 0 aliphatic carbocycles. The van der Waals surface area contributed by atoms with Gasteiger partial charge in [0.25, 0.3) is 0 Å². The van der Waals surface area contributed by atoms with Gasteiger partial charge in [-0.1, -0.05) is 11.6 Å². The third kappa shape index (κ3) is 2.46. The molecule has 0 spiro atoms. The van der Waals surface area contributed by atoms with Crippen LogP contribution in [0.15, 0.2) is 18.2 Å². The summed E-state index contributed by atoms with van der Waals surface area (Å²) in [7, 11) is -1.19. The van der Waals surface area contributed by atoms with Gasteiger partial charge in [0.15, 0.2) is 0 Å². The van der Waals surface area contributed by atoms with E-state index >= 15 is 0 Å². The summed E-state index contributed by atoms with van der Waals surface area (Å²) in [5.74, 6) is -0.410. The Morgan fingerprint density at radius 1 is 1.58 bits per heavy atom. The van der Waals surface area contributed by atoms with Crippen LogP contribution in [0.5, 0.6) is 0 Å². The van der Waals surface area contributed by atoms with E-state index in [0.29, 0.717) is 5.69 Å². The molecule has 1 aromatic carbocycles. The smallest absolute Gasteiger partial charge is 0.124 e. The summed E-state index contributed by atoms with van der Waals surface area (Å²) < 4.78 is 25.8. The van der Waals surface area contributed by atoms with E-state index in [1.165, 1.54) is 18.4 Å². The Morgan fingerprint density at radius 2 is 2.25 bits per heavy atom. The average Bonchev–Trinajstić information content (AvgIpc) is 1.94. The monoisotopic (exact) mass is 207 g/mol. The molecule has 0 fully saturated rings. The first-order valence-electron chi connectivity index (χ1n) is 3.15. The molecule has 0 heterocycles. The second-order valence-electron chi connectivity index (χ2n) is 2.18. The summed E-state index contributed by atoms with van der Waals surface area (Å²) in [5, 5.41) is 0.227. The van der Waals surface area contributed by atoms with Crippen molar-refractivity contribution in [3.05, 3.63) is 29.0 Å². The van der Waals surface area contributed by atoms with Crippen LogP contribution in [0.25, 0.3) is 0 Å². The molecule has 0 aromatic heterocycles. The highest BCUT2D eigenvalue weighted by Gasteiger charge is 2.01. The number of halogens is 2. The topological polar surface area (TPSA) is 29.1 Å². The minimum Gasteiger partial charge on any atom is -0.304 e. The molecule has 66 valence electrons. The number of rotatable bonds is 2. The summed E-state index contributed by atoms with van der Waals surface area (Å²) in [5.41, 5.74) is 0.471. The van der Waals surface area contributed by atoms with Crippen molar-refractivity contribution in [2.75, 3.05) is 11.0 Å².